The summed E-state index contributed by atoms with van der Waals surface area (Å²) < 4.78 is 26.8. The van der Waals surface area contributed by atoms with Crippen LogP contribution in [0.15, 0.2) is 72.1 Å². The zero-order valence-corrected chi connectivity index (χ0v) is 13.7. The van der Waals surface area contributed by atoms with Gasteiger partial charge in [-0.2, -0.15) is 0 Å². The molecule has 0 fully saturated rings. The molecule has 3 aromatic carbocycles. The molecule has 0 aromatic heterocycles. The fourth-order valence-electron chi connectivity index (χ4n) is 2.47. The van der Waals surface area contributed by atoms with Crippen molar-refractivity contribution in [1.82, 2.24) is 4.72 Å². The van der Waals surface area contributed by atoms with E-state index in [-0.39, 0.29) is 12.3 Å². The number of nitrogens with one attached hydrogen (secondary N) is 1. The minimum absolute atomic E-state index is 0.155. The molecule has 0 aliphatic heterocycles. The summed E-state index contributed by atoms with van der Waals surface area (Å²) in [6.45, 7) is 0.155. The molecular weight excluding hydrogens is 322 g/mol. The Morgan fingerprint density at radius 1 is 0.875 bits per heavy atom. The SMILES string of the molecule is O=S(=O)(C=Cc1ccccc1)NCc1cccc2c(O)cccc12. The predicted octanol–water partition coefficient (Wildman–Crippen LogP) is 3.64. The van der Waals surface area contributed by atoms with Crippen LogP contribution in [0.1, 0.15) is 11.1 Å². The quantitative estimate of drug-likeness (QED) is 0.746. The summed E-state index contributed by atoms with van der Waals surface area (Å²) in [5, 5.41) is 12.6. The summed E-state index contributed by atoms with van der Waals surface area (Å²) in [5.74, 6) is 0.182. The second-order valence-electron chi connectivity index (χ2n) is 5.37. The molecule has 0 bridgehead atoms. The van der Waals surface area contributed by atoms with Gasteiger partial charge in [0.15, 0.2) is 0 Å². The van der Waals surface area contributed by atoms with Crippen LogP contribution in [-0.4, -0.2) is 13.5 Å². The van der Waals surface area contributed by atoms with E-state index in [2.05, 4.69) is 4.72 Å². The first-order valence-corrected chi connectivity index (χ1v) is 9.02. The van der Waals surface area contributed by atoms with Crippen molar-refractivity contribution in [3.63, 3.8) is 0 Å². The van der Waals surface area contributed by atoms with Crippen molar-refractivity contribution in [1.29, 1.82) is 0 Å². The third kappa shape index (κ3) is 3.82. The lowest BCUT2D eigenvalue weighted by Gasteiger charge is -2.08. The van der Waals surface area contributed by atoms with Gasteiger partial charge in [-0.25, -0.2) is 13.1 Å². The molecule has 0 spiro atoms. The molecule has 0 radical (unpaired) electrons. The number of aromatic hydroxyl groups is 1. The Bertz CT molecular complexity index is 980. The Morgan fingerprint density at radius 3 is 2.38 bits per heavy atom. The van der Waals surface area contributed by atoms with Gasteiger partial charge >= 0.3 is 0 Å². The van der Waals surface area contributed by atoms with Gasteiger partial charge in [0.25, 0.3) is 0 Å². The smallest absolute Gasteiger partial charge is 0.234 e. The first kappa shape index (κ1) is 16.2. The molecule has 0 saturated heterocycles. The average Bonchev–Trinajstić information content (AvgIpc) is 2.60. The number of sulfonamides is 1. The van der Waals surface area contributed by atoms with E-state index in [9.17, 15) is 13.5 Å². The van der Waals surface area contributed by atoms with E-state index in [4.69, 9.17) is 0 Å². The molecule has 24 heavy (non-hydrogen) atoms. The maximum Gasteiger partial charge on any atom is 0.234 e. The van der Waals surface area contributed by atoms with Crippen molar-refractivity contribution in [2.45, 2.75) is 6.54 Å². The molecular formula is C19H17NO3S. The number of phenolic OH excluding ortho intramolecular Hbond substituents is 1. The summed E-state index contributed by atoms with van der Waals surface area (Å²) in [4.78, 5) is 0. The zero-order chi connectivity index (χ0) is 17.0. The highest BCUT2D eigenvalue weighted by Gasteiger charge is 2.08. The normalized spacial score (nSPS) is 12.0. The fraction of sp³-hybridized carbons (Fsp3) is 0.0526. The molecule has 0 atom stereocenters. The van der Waals surface area contributed by atoms with Gasteiger partial charge in [-0.05, 0) is 28.7 Å². The van der Waals surface area contributed by atoms with E-state index in [1.807, 2.05) is 42.5 Å². The van der Waals surface area contributed by atoms with E-state index >= 15 is 0 Å². The van der Waals surface area contributed by atoms with Crippen LogP contribution in [0, 0.1) is 0 Å². The molecule has 5 heteroatoms. The standard InChI is InChI=1S/C19H17NO3S/c21-19-11-5-9-17-16(8-4-10-18(17)19)14-20-24(22,23)13-12-15-6-2-1-3-7-15/h1-13,20-21H,14H2. The Hall–Kier alpha value is -2.63. The lowest BCUT2D eigenvalue weighted by Crippen LogP contribution is -2.20. The number of phenols is 1. The summed E-state index contributed by atoms with van der Waals surface area (Å²) >= 11 is 0. The predicted molar refractivity (Wildman–Crippen MR) is 96.8 cm³/mol. The number of hydrogen-bond donors (Lipinski definition) is 2. The maximum atomic E-state index is 12.1. The van der Waals surface area contributed by atoms with Crippen LogP contribution >= 0.6 is 0 Å². The van der Waals surface area contributed by atoms with E-state index in [0.717, 1.165) is 21.9 Å². The highest BCUT2D eigenvalue weighted by atomic mass is 32.2. The minimum atomic E-state index is -3.55. The summed E-state index contributed by atoms with van der Waals surface area (Å²) in [6, 6.07) is 19.9. The molecule has 0 aliphatic rings. The molecule has 3 aromatic rings. The number of hydrogen-bond acceptors (Lipinski definition) is 3. The average molecular weight is 339 g/mol. The van der Waals surface area contributed by atoms with E-state index in [1.165, 1.54) is 0 Å². The number of rotatable bonds is 5. The van der Waals surface area contributed by atoms with Gasteiger partial charge < -0.3 is 5.11 Å². The van der Waals surface area contributed by atoms with Gasteiger partial charge in [-0.3, -0.25) is 0 Å². The monoisotopic (exact) mass is 339 g/mol. The highest BCUT2D eigenvalue weighted by Crippen LogP contribution is 2.26. The molecule has 4 nitrogen and oxygen atoms in total. The van der Waals surface area contributed by atoms with Crippen LogP contribution in [0.5, 0.6) is 5.75 Å². The molecule has 0 aliphatic carbocycles. The topological polar surface area (TPSA) is 66.4 Å². The summed E-state index contributed by atoms with van der Waals surface area (Å²) in [7, 11) is -3.55. The molecule has 0 heterocycles. The number of fused-ring (bicyclic) bond motifs is 1. The van der Waals surface area contributed by atoms with Crippen molar-refractivity contribution in [3.8, 4) is 5.75 Å². The van der Waals surface area contributed by atoms with Gasteiger partial charge in [-0.15, -0.1) is 0 Å². The second kappa shape index (κ2) is 6.86. The van der Waals surface area contributed by atoms with Crippen LogP contribution < -0.4 is 4.72 Å². The van der Waals surface area contributed by atoms with Crippen molar-refractivity contribution in [2.24, 2.45) is 0 Å². The Kier molecular flexibility index (Phi) is 4.64. The molecule has 2 N–H and O–H groups in total. The zero-order valence-electron chi connectivity index (χ0n) is 12.9. The van der Waals surface area contributed by atoms with Crippen LogP contribution in [0.4, 0.5) is 0 Å². The van der Waals surface area contributed by atoms with Gasteiger partial charge in [0.05, 0.1) is 0 Å². The first-order valence-electron chi connectivity index (χ1n) is 7.47. The summed E-state index contributed by atoms with van der Waals surface area (Å²) in [6.07, 6.45) is 1.55. The summed E-state index contributed by atoms with van der Waals surface area (Å²) in [5.41, 5.74) is 1.62. The van der Waals surface area contributed by atoms with E-state index in [1.54, 1.807) is 30.3 Å². The van der Waals surface area contributed by atoms with E-state index in [0.29, 0.717) is 5.39 Å². The van der Waals surface area contributed by atoms with Crippen molar-refractivity contribution >= 4 is 26.9 Å². The van der Waals surface area contributed by atoms with Crippen LogP contribution in [0.3, 0.4) is 0 Å². The van der Waals surface area contributed by atoms with Crippen molar-refractivity contribution in [2.75, 3.05) is 0 Å². The lowest BCUT2D eigenvalue weighted by atomic mass is 10.0. The molecule has 0 saturated carbocycles. The Labute approximate surface area is 141 Å². The second-order valence-corrected chi connectivity index (χ2v) is 7.02. The minimum Gasteiger partial charge on any atom is -0.507 e. The van der Waals surface area contributed by atoms with Crippen LogP contribution in [0.2, 0.25) is 0 Å². The van der Waals surface area contributed by atoms with Crippen molar-refractivity contribution < 1.29 is 13.5 Å². The van der Waals surface area contributed by atoms with E-state index < -0.39 is 10.0 Å². The molecule has 0 unspecified atom stereocenters. The Morgan fingerprint density at radius 2 is 1.58 bits per heavy atom. The third-order valence-corrected chi connectivity index (χ3v) is 4.73. The first-order chi connectivity index (χ1) is 11.6. The highest BCUT2D eigenvalue weighted by molar-refractivity contribution is 7.92. The Balaban J connectivity index is 1.78. The van der Waals surface area contributed by atoms with Gasteiger partial charge in [0, 0.05) is 17.3 Å². The lowest BCUT2D eigenvalue weighted by molar-refractivity contribution is 0.481. The largest absolute Gasteiger partial charge is 0.507 e. The van der Waals surface area contributed by atoms with Gasteiger partial charge in [-0.1, -0.05) is 60.7 Å². The third-order valence-electron chi connectivity index (χ3n) is 3.69. The van der Waals surface area contributed by atoms with Gasteiger partial charge in [0.2, 0.25) is 10.0 Å². The van der Waals surface area contributed by atoms with Crippen LogP contribution in [-0.2, 0) is 16.6 Å². The van der Waals surface area contributed by atoms with Crippen LogP contribution in [0.25, 0.3) is 16.8 Å². The van der Waals surface area contributed by atoms with Gasteiger partial charge in [0.1, 0.15) is 5.75 Å². The molecule has 122 valence electrons. The molecule has 0 amide bonds. The number of benzene rings is 3. The fourth-order valence-corrected chi connectivity index (χ4v) is 3.26. The van der Waals surface area contributed by atoms with Crippen molar-refractivity contribution in [3.05, 3.63) is 83.3 Å². The molecule has 3 rings (SSSR count). The maximum absolute atomic E-state index is 12.1.